The molecule has 16 rings (SSSR count). The second kappa shape index (κ2) is 60.1. The van der Waals surface area contributed by atoms with E-state index in [1.54, 1.807) is 24.5 Å². The molecular formula is C128H160Ir4N8Si8-8. The van der Waals surface area contributed by atoms with Crippen LogP contribution in [0.4, 0.5) is 0 Å². The van der Waals surface area contributed by atoms with Crippen molar-refractivity contribution < 1.29 is 99.6 Å². The van der Waals surface area contributed by atoms with Gasteiger partial charge >= 0.3 is 0 Å². The minimum absolute atomic E-state index is 0. The summed E-state index contributed by atoms with van der Waals surface area (Å²) >= 11 is 0. The first-order chi connectivity index (χ1) is 73.5. The van der Waals surface area contributed by atoms with Crippen molar-refractivity contribution in [3.05, 3.63) is 387 Å². The number of aromatic nitrogens is 8. The molecule has 8 nitrogen and oxygen atoms in total. The van der Waals surface area contributed by atoms with Crippen LogP contribution in [-0.2, 0) is 86.8 Å². The Hall–Kier alpha value is -8.71. The van der Waals surface area contributed by atoms with Crippen LogP contribution < -0.4 is 41.5 Å². The molecule has 2 atom stereocenters. The van der Waals surface area contributed by atoms with Gasteiger partial charge in [-0.2, -0.15) is 0 Å². The van der Waals surface area contributed by atoms with E-state index in [1.807, 2.05) is 109 Å². The topological polar surface area (TPSA) is 103 Å². The molecule has 0 N–H and O–H groups in total. The first kappa shape index (κ1) is 108. The Morgan fingerprint density at radius 3 is 0.784 bits per heavy atom. The molecule has 20 heteroatoms. The third-order valence-corrected chi connectivity index (χ3v) is 40.8. The van der Waals surface area contributed by atoms with Gasteiger partial charge in [-0.15, -0.1) is 287 Å². The van der Waals surface area contributed by atoms with E-state index in [4.69, 9.17) is 29.2 Å². The van der Waals surface area contributed by atoms with Crippen LogP contribution in [0.2, 0.25) is 157 Å². The van der Waals surface area contributed by atoms with E-state index in [9.17, 15) is 0 Å². The zero-order chi connectivity index (χ0) is 118. The van der Waals surface area contributed by atoms with E-state index >= 15 is 0 Å². The van der Waals surface area contributed by atoms with Crippen LogP contribution in [0.1, 0.15) is 128 Å². The van der Waals surface area contributed by atoms with E-state index in [0.29, 0.717) is 74.6 Å². The quantitative estimate of drug-likeness (QED) is 0.0461. The van der Waals surface area contributed by atoms with Crippen LogP contribution >= 0.6 is 0 Å². The third kappa shape index (κ3) is 41.0. The van der Waals surface area contributed by atoms with Crippen molar-refractivity contribution >= 4 is 106 Å². The smallest absolute Gasteiger partial charge is 0.0799 e. The Morgan fingerprint density at radius 2 is 0.520 bits per heavy atom. The van der Waals surface area contributed by atoms with Gasteiger partial charge in [-0.1, -0.05) is 314 Å². The summed E-state index contributed by atoms with van der Waals surface area (Å²) in [5.74, 6) is 2.97. The van der Waals surface area contributed by atoms with E-state index in [1.165, 1.54) is 82.3 Å². The van der Waals surface area contributed by atoms with Gasteiger partial charge in [-0.05, 0) is 138 Å². The van der Waals surface area contributed by atoms with Crippen LogP contribution in [0.15, 0.2) is 316 Å². The van der Waals surface area contributed by atoms with Gasteiger partial charge in [0.1, 0.15) is 0 Å². The van der Waals surface area contributed by atoms with E-state index in [0.717, 1.165) is 51.5 Å². The summed E-state index contributed by atoms with van der Waals surface area (Å²) in [5, 5.41) is 10.9. The van der Waals surface area contributed by atoms with Crippen molar-refractivity contribution in [2.24, 2.45) is 11.8 Å². The van der Waals surface area contributed by atoms with Gasteiger partial charge in [0.15, 0.2) is 0 Å². The number of benzene rings is 8. The van der Waals surface area contributed by atoms with Crippen LogP contribution in [0.3, 0.4) is 0 Å². The van der Waals surface area contributed by atoms with Gasteiger partial charge in [-0.25, -0.2) is 0 Å². The van der Waals surface area contributed by atoms with Gasteiger partial charge < -0.3 is 39.9 Å². The Morgan fingerprint density at radius 1 is 0.257 bits per heavy atom. The molecule has 148 heavy (non-hydrogen) atoms. The maximum absolute atomic E-state index is 7.89. The summed E-state index contributed by atoms with van der Waals surface area (Å²) in [6, 6.07) is 82.2. The van der Waals surface area contributed by atoms with E-state index in [-0.39, 0.29) is 165 Å². The maximum Gasteiger partial charge on any atom is 0.0799 e. The molecule has 0 bridgehead atoms. The number of rotatable bonds is 23. The molecule has 8 aromatic heterocycles. The molecule has 0 aliphatic heterocycles. The van der Waals surface area contributed by atoms with Gasteiger partial charge in [0.25, 0.3) is 0 Å². The summed E-state index contributed by atoms with van der Waals surface area (Å²) in [7, 11) is -11.0. The zero-order valence-corrected chi connectivity index (χ0v) is 111. The molecule has 788 valence electrons. The summed E-state index contributed by atoms with van der Waals surface area (Å²) in [4.78, 5) is 36.3. The number of hydrogen-bond acceptors (Lipinski definition) is 8. The van der Waals surface area contributed by atoms with Gasteiger partial charge in [0.05, 0.1) is 64.6 Å². The molecule has 0 amide bonds. The number of pyridine rings is 8. The number of hydrogen-bond donors (Lipinski definition) is 0. The van der Waals surface area contributed by atoms with E-state index < -0.39 is 64.6 Å². The van der Waals surface area contributed by atoms with Crippen molar-refractivity contribution in [1.82, 2.24) is 39.9 Å². The van der Waals surface area contributed by atoms with Crippen LogP contribution in [0, 0.1) is 60.4 Å². The van der Waals surface area contributed by atoms with Gasteiger partial charge in [-0.3, -0.25) is 0 Å². The first-order valence-corrected chi connectivity index (χ1v) is 78.3. The molecule has 16 aromatic rings. The predicted octanol–water partition coefficient (Wildman–Crippen LogP) is 30.3. The average Bonchev–Trinajstić information content (AvgIpc) is 0.821. The Balaban J connectivity index is 0.000000323. The molecule has 0 aliphatic carbocycles. The van der Waals surface area contributed by atoms with Crippen LogP contribution in [-0.4, -0.2) is 104 Å². The van der Waals surface area contributed by atoms with Crippen LogP contribution in [0.25, 0.3) is 90.1 Å². The van der Waals surface area contributed by atoms with Crippen molar-refractivity contribution in [2.75, 3.05) is 0 Å². The third-order valence-electron chi connectivity index (χ3n) is 24.5. The summed E-state index contributed by atoms with van der Waals surface area (Å²) in [5.41, 5.74) is 18.7. The fourth-order valence-corrected chi connectivity index (χ4v) is 25.9. The Bertz CT molecular complexity index is 7210. The second-order valence-electron chi connectivity index (χ2n) is 45.8. The van der Waals surface area contributed by atoms with Crippen molar-refractivity contribution in [2.45, 2.75) is 250 Å². The SMILES string of the molecule is CC(C)C(C)c1cc(-c2[c-]cccc2)ncc1[Si](C)(C)C.CC(C)Cc1cc(-c2[c-]cccc2)ncc1[Si](C)(C)C.CC(C)c1cc(-c2[c-]cccc2)ncc1[Si](C)(C)C.CCC(C)c1cc(-c2[c-]cccc2)ncc1[Si](C)(C)C.[2H]c1[c-]c(-c2ccc([Si](C)(C)C)cn2)c([2H])c([2H])c1[2H].[2H]c1[c-]c(-c2ccc([Si](C)(C)C)cn2)c([2H])c([2H])c1[2H].[2H]c1[c-]c(-c2ccc([Si](C)(C)C)cn2)cc([2H])c1[2H].[2H]c1[c-]c(-c2ccc([Si](C)(C)C)cn2)cc([2H])c1[2H].[Ir].[Ir].[Ir].[Ir]. The number of nitrogens with zero attached hydrogens (tertiary/aromatic N) is 8. The molecule has 0 saturated carbocycles. The standard InChI is InChI=1S/C19H26NSi.2C18H24NSi.C17H22NSi.4C14H16NSi.4Ir/c1-14(2)15(3)17-12-18(16-10-8-7-9-11-16)20-13-19(17)21(4,5)6;1-14(2)11-16-12-17(15-9-7-6-8-10-15)19-13-18(16)20(3,4)5;1-6-14(2)16-12-17(15-10-8-7-9-11-15)19-13-18(16)20(3,4)5;1-13(2)15-11-16(14-9-7-6-8-10-14)18-12-17(15)19(3,4)5;4*1-16(2,3)13-9-10-14(15-11-13)12-7-5-4-6-8-12;;;;/h7-10,12-15H,1-6H3;6-9,12-14H,11H2,1-5H3;7-10,12-14H,6H2,1-5H3;6-9,11-13H,1-5H3;4*4-7,9-11H,1-3H3;;;;/q8*-1;;;;/i;;;;2*4D,5D,6D,7D;2*4D,5D,6D;;;;. The van der Waals surface area contributed by atoms with E-state index in [2.05, 4.69) is 383 Å². The molecular weight excluding hydrogens is 2640 g/mol. The zero-order valence-electron chi connectivity index (χ0n) is 107. The van der Waals surface area contributed by atoms with Crippen molar-refractivity contribution in [1.29, 1.82) is 0 Å². The Labute approximate surface area is 975 Å². The molecule has 0 fully saturated rings. The summed E-state index contributed by atoms with van der Waals surface area (Å²) in [6.07, 6.45) is 18.1. The maximum atomic E-state index is 7.89. The molecule has 0 spiro atoms. The minimum atomic E-state index is -1.43. The predicted molar refractivity (Wildman–Crippen MR) is 647 cm³/mol. The fourth-order valence-electron chi connectivity index (χ4n) is 15.3. The van der Waals surface area contributed by atoms with Gasteiger partial charge in [0, 0.05) is 141 Å². The van der Waals surface area contributed by atoms with Gasteiger partial charge in [0.2, 0.25) is 0 Å². The first-order valence-electron chi connectivity index (χ1n) is 57.3. The summed E-state index contributed by atoms with van der Waals surface area (Å²) < 4.78 is 107. The molecule has 8 heterocycles. The van der Waals surface area contributed by atoms with Crippen LogP contribution in [0.5, 0.6) is 0 Å². The van der Waals surface area contributed by atoms with Crippen molar-refractivity contribution in [3.8, 4) is 90.1 Å². The summed E-state index contributed by atoms with van der Waals surface area (Å²) in [6.45, 7) is 76.2. The largest absolute Gasteiger partial charge is 0.305 e. The Kier molecular flexibility index (Phi) is 43.7. The molecule has 4 radical (unpaired) electrons. The average molecular weight is 2820 g/mol. The minimum Gasteiger partial charge on any atom is -0.305 e. The normalized spacial score (nSPS) is 13.1. The molecule has 8 aromatic carbocycles. The monoisotopic (exact) mass is 2820 g/mol. The molecule has 2 unspecified atom stereocenters. The second-order valence-corrected chi connectivity index (χ2v) is 86.2. The fraction of sp³-hybridized carbons (Fsp3) is 0.312. The molecule has 0 saturated heterocycles. The molecule has 0 aliphatic rings. The van der Waals surface area contributed by atoms with Crippen molar-refractivity contribution in [3.63, 3.8) is 0 Å².